The van der Waals surface area contributed by atoms with Gasteiger partial charge in [0, 0.05) is 23.7 Å². The first-order valence-corrected chi connectivity index (χ1v) is 17.3. The van der Waals surface area contributed by atoms with Crippen molar-refractivity contribution in [3.05, 3.63) is 40.9 Å². The highest BCUT2D eigenvalue weighted by atomic mass is 35.5. The molecular formula is C38H52ClNO4. The molecule has 0 heterocycles. The minimum absolute atomic E-state index is 0.0199. The molecule has 0 saturated heterocycles. The van der Waals surface area contributed by atoms with Crippen molar-refractivity contribution in [3.63, 3.8) is 0 Å². The van der Waals surface area contributed by atoms with E-state index in [0.29, 0.717) is 16.6 Å². The number of fused-ring (bicyclic) bond motifs is 7. The Balaban J connectivity index is 1.35. The number of hydrogen-bond acceptors (Lipinski definition) is 4. The van der Waals surface area contributed by atoms with Crippen LogP contribution in [0.5, 0.6) is 0 Å². The summed E-state index contributed by atoms with van der Waals surface area (Å²) in [6, 6.07) is 7.42. The van der Waals surface area contributed by atoms with Crippen LogP contribution in [-0.2, 0) is 19.1 Å². The van der Waals surface area contributed by atoms with E-state index < -0.39 is 5.41 Å². The van der Waals surface area contributed by atoms with Crippen molar-refractivity contribution in [2.45, 2.75) is 119 Å². The summed E-state index contributed by atoms with van der Waals surface area (Å²) in [7, 11) is 0. The van der Waals surface area contributed by atoms with E-state index in [1.807, 2.05) is 18.2 Å². The average molecular weight is 622 g/mol. The average Bonchev–Trinajstić information content (AvgIpc) is 2.93. The molecule has 1 amide bonds. The third kappa shape index (κ3) is 4.41. The largest absolute Gasteiger partial charge is 0.462 e. The van der Waals surface area contributed by atoms with E-state index in [1.165, 1.54) is 12.5 Å². The highest BCUT2D eigenvalue weighted by Crippen LogP contribution is 2.75. The van der Waals surface area contributed by atoms with Crippen molar-refractivity contribution in [1.29, 1.82) is 0 Å². The summed E-state index contributed by atoms with van der Waals surface area (Å²) >= 11 is 6.42. The van der Waals surface area contributed by atoms with Gasteiger partial charge in [-0.05, 0) is 109 Å². The maximum Gasteiger partial charge on any atom is 0.302 e. The highest BCUT2D eigenvalue weighted by molar-refractivity contribution is 6.33. The summed E-state index contributed by atoms with van der Waals surface area (Å²) < 4.78 is 5.87. The highest BCUT2D eigenvalue weighted by Gasteiger charge is 2.70. The van der Waals surface area contributed by atoms with Crippen LogP contribution in [-0.4, -0.2) is 23.8 Å². The SMILES string of the molecule is CC(=O)O[C@@H]1CC[C@]2(C)[C@H](CC[C@]3(C)[C@@H]2C(=O)C=C2[C@H]4C[C@@](C)(C(=O)Nc5ccccc5Cl)CC[C@]4(C)CC[C@@]23C)C1(C)C. The fraction of sp³-hybridized carbons (Fsp3) is 0.711. The molecule has 0 aromatic heterocycles. The van der Waals surface area contributed by atoms with Crippen LogP contribution in [0.2, 0.25) is 5.02 Å². The van der Waals surface area contributed by atoms with Gasteiger partial charge in [0.2, 0.25) is 5.91 Å². The lowest BCUT2D eigenvalue weighted by molar-refractivity contribution is -0.210. The lowest BCUT2D eigenvalue weighted by atomic mass is 9.33. The Kier molecular flexibility index (Phi) is 7.36. The minimum Gasteiger partial charge on any atom is -0.462 e. The number of halogens is 1. The zero-order chi connectivity index (χ0) is 32.1. The van der Waals surface area contributed by atoms with Crippen LogP contribution in [0.15, 0.2) is 35.9 Å². The van der Waals surface area contributed by atoms with Crippen molar-refractivity contribution in [2.24, 2.45) is 50.2 Å². The van der Waals surface area contributed by atoms with E-state index in [4.69, 9.17) is 16.3 Å². The molecule has 6 heteroatoms. The number of allylic oxidation sites excluding steroid dienone is 2. The fourth-order valence-corrected chi connectivity index (χ4v) is 11.8. The molecule has 0 radical (unpaired) electrons. The Morgan fingerprint density at radius 1 is 0.909 bits per heavy atom. The molecule has 240 valence electrons. The number of carbonyl (C=O) groups is 3. The van der Waals surface area contributed by atoms with Gasteiger partial charge in [-0.15, -0.1) is 0 Å². The Morgan fingerprint density at radius 2 is 1.59 bits per heavy atom. The summed E-state index contributed by atoms with van der Waals surface area (Å²) in [5.74, 6) is 0.501. The van der Waals surface area contributed by atoms with Crippen LogP contribution < -0.4 is 5.32 Å². The zero-order valence-electron chi connectivity index (χ0n) is 28.1. The van der Waals surface area contributed by atoms with E-state index in [1.54, 1.807) is 6.07 Å². The standard InChI is InChI=1S/C38H52ClNO4/c1-23(41)44-30-14-15-36(6)29(33(30,2)3)13-16-38(8)31(36)28(42)21-24-25-22-35(5,18-17-34(25,4)19-20-37(24,38)7)32(43)40-27-12-10-9-11-26(27)39/h9-12,21,25,29-31H,13-20,22H2,1-8H3,(H,40,43)/t25-,29-,30-,31-,34-,35+,36-,37+,38-/m1/s1. The second kappa shape index (κ2) is 10.2. The monoisotopic (exact) mass is 621 g/mol. The molecule has 4 fully saturated rings. The molecular weight excluding hydrogens is 570 g/mol. The van der Waals surface area contributed by atoms with Crippen molar-refractivity contribution in [3.8, 4) is 0 Å². The van der Waals surface area contributed by atoms with Gasteiger partial charge in [0.1, 0.15) is 6.10 Å². The Labute approximate surface area is 269 Å². The number of esters is 1. The van der Waals surface area contributed by atoms with Crippen molar-refractivity contribution in [1.82, 2.24) is 0 Å². The molecule has 5 aliphatic carbocycles. The molecule has 1 N–H and O–H groups in total. The lowest BCUT2D eigenvalue weighted by Gasteiger charge is -2.70. The second-order valence-corrected chi connectivity index (χ2v) is 17.6. The van der Waals surface area contributed by atoms with Crippen molar-refractivity contribution >= 4 is 34.9 Å². The van der Waals surface area contributed by atoms with Crippen LogP contribution in [0.25, 0.3) is 0 Å². The fourth-order valence-electron chi connectivity index (χ4n) is 11.6. The van der Waals surface area contributed by atoms with Crippen molar-refractivity contribution in [2.75, 3.05) is 5.32 Å². The number of nitrogens with one attached hydrogen (secondary N) is 1. The van der Waals surface area contributed by atoms with Crippen LogP contribution >= 0.6 is 11.6 Å². The first kappa shape index (κ1) is 31.8. The van der Waals surface area contributed by atoms with Gasteiger partial charge in [-0.3, -0.25) is 14.4 Å². The summed E-state index contributed by atoms with van der Waals surface area (Å²) in [6.45, 7) is 17.8. The molecule has 0 unspecified atom stereocenters. The molecule has 0 aliphatic heterocycles. The molecule has 5 aliphatic rings. The number of anilines is 1. The normalized spacial score (nSPS) is 44.2. The maximum atomic E-state index is 14.7. The number of hydrogen-bond donors (Lipinski definition) is 1. The Bertz CT molecular complexity index is 1430. The molecule has 1 aromatic rings. The van der Waals surface area contributed by atoms with Gasteiger partial charge in [0.05, 0.1) is 10.7 Å². The molecule has 44 heavy (non-hydrogen) atoms. The predicted octanol–water partition coefficient (Wildman–Crippen LogP) is 9.19. The topological polar surface area (TPSA) is 72.5 Å². The second-order valence-electron chi connectivity index (χ2n) is 17.1. The first-order chi connectivity index (χ1) is 20.4. The van der Waals surface area contributed by atoms with Gasteiger partial charge in [0.15, 0.2) is 5.78 Å². The first-order valence-electron chi connectivity index (χ1n) is 16.9. The molecule has 0 spiro atoms. The summed E-state index contributed by atoms with van der Waals surface area (Å²) in [5.41, 5.74) is 0.845. The number of amides is 1. The molecule has 0 bridgehead atoms. The van der Waals surface area contributed by atoms with Gasteiger partial charge in [0.25, 0.3) is 0 Å². The molecule has 5 nitrogen and oxygen atoms in total. The van der Waals surface area contributed by atoms with Gasteiger partial charge in [-0.1, -0.05) is 77.8 Å². The van der Waals surface area contributed by atoms with E-state index in [0.717, 1.165) is 57.8 Å². The third-order valence-corrected chi connectivity index (χ3v) is 14.8. The van der Waals surface area contributed by atoms with Gasteiger partial charge >= 0.3 is 5.97 Å². The van der Waals surface area contributed by atoms with Crippen LogP contribution in [0.4, 0.5) is 5.69 Å². The van der Waals surface area contributed by atoms with Crippen molar-refractivity contribution < 1.29 is 19.1 Å². The molecule has 9 atom stereocenters. The van der Waals surface area contributed by atoms with E-state index in [-0.39, 0.29) is 62.7 Å². The molecule has 1 aromatic carbocycles. The minimum atomic E-state index is -0.550. The quantitative estimate of drug-likeness (QED) is 0.342. The molecule has 6 rings (SSSR count). The van der Waals surface area contributed by atoms with Gasteiger partial charge in [-0.2, -0.15) is 0 Å². The van der Waals surface area contributed by atoms with E-state index in [2.05, 4.69) is 59.9 Å². The van der Waals surface area contributed by atoms with Gasteiger partial charge in [-0.25, -0.2) is 0 Å². The Hall–Kier alpha value is -2.14. The smallest absolute Gasteiger partial charge is 0.302 e. The van der Waals surface area contributed by atoms with Gasteiger partial charge < -0.3 is 10.1 Å². The third-order valence-electron chi connectivity index (χ3n) is 14.5. The van der Waals surface area contributed by atoms with E-state index >= 15 is 0 Å². The predicted molar refractivity (Wildman–Crippen MR) is 175 cm³/mol. The van der Waals surface area contributed by atoms with E-state index in [9.17, 15) is 14.4 Å². The lowest BCUT2D eigenvalue weighted by Crippen LogP contribution is -2.66. The molecule has 4 saturated carbocycles. The zero-order valence-corrected chi connectivity index (χ0v) is 28.8. The van der Waals surface area contributed by atoms with Crippen LogP contribution in [0.3, 0.4) is 0 Å². The Morgan fingerprint density at radius 3 is 2.27 bits per heavy atom. The van der Waals surface area contributed by atoms with Crippen LogP contribution in [0.1, 0.15) is 113 Å². The number of rotatable bonds is 3. The van der Waals surface area contributed by atoms with Crippen LogP contribution in [0, 0.1) is 50.2 Å². The number of benzene rings is 1. The number of ether oxygens (including phenoxy) is 1. The number of para-hydroxylation sites is 1. The maximum absolute atomic E-state index is 14.7. The number of ketones is 1. The summed E-state index contributed by atoms with van der Waals surface area (Å²) in [5, 5.41) is 3.69. The summed E-state index contributed by atoms with van der Waals surface area (Å²) in [6.07, 6.45) is 10.4. The number of carbonyl (C=O) groups excluding carboxylic acids is 3. The summed E-state index contributed by atoms with van der Waals surface area (Å²) in [4.78, 5) is 40.5.